The fraction of sp³-hybridized carbons (Fsp3) is 0.879. The second kappa shape index (κ2) is 11.6. The number of carbonyl (C=O) groups excluding carboxylic acids is 1. The zero-order valence-corrected chi connectivity index (χ0v) is 24.5. The molecule has 0 amide bonds. The van der Waals surface area contributed by atoms with Crippen LogP contribution in [0.1, 0.15) is 123 Å². The summed E-state index contributed by atoms with van der Waals surface area (Å²) in [7, 11) is 0. The zero-order chi connectivity index (χ0) is 27.7. The first-order valence-corrected chi connectivity index (χ1v) is 16.2. The highest BCUT2D eigenvalue weighted by molar-refractivity contribution is 5.85. The van der Waals surface area contributed by atoms with Crippen molar-refractivity contribution in [3.63, 3.8) is 0 Å². The minimum atomic E-state index is -0.967. The normalized spacial score (nSPS) is 43.6. The molecule has 0 saturated heterocycles. The molecule has 8 atom stereocenters. The van der Waals surface area contributed by atoms with Crippen LogP contribution in [-0.2, 0) is 9.53 Å². The van der Waals surface area contributed by atoms with Crippen molar-refractivity contribution in [2.45, 2.75) is 140 Å². The molecule has 1 heterocycles. The highest BCUT2D eigenvalue weighted by Crippen LogP contribution is 2.70. The predicted molar refractivity (Wildman–Crippen MR) is 153 cm³/mol. The van der Waals surface area contributed by atoms with E-state index in [1.807, 2.05) is 0 Å². The average Bonchev–Trinajstić information content (AvgIpc) is 3.45. The lowest BCUT2D eigenvalue weighted by atomic mass is 9.41. The number of aliphatic imine (C=N–C) groups is 1. The summed E-state index contributed by atoms with van der Waals surface area (Å²) in [6.07, 6.45) is 20.1. The molecular weight excluding hydrogens is 490 g/mol. The van der Waals surface area contributed by atoms with Crippen LogP contribution in [0.5, 0.6) is 0 Å². The number of hydrogen-bond acceptors (Lipinski definition) is 6. The van der Waals surface area contributed by atoms with Crippen molar-refractivity contribution in [3.05, 3.63) is 11.6 Å². The lowest BCUT2D eigenvalue weighted by Gasteiger charge is -2.65. The number of fused-ring (bicyclic) bond motifs is 5. The largest absolute Gasteiger partial charge is 0.458 e. The van der Waals surface area contributed by atoms with Gasteiger partial charge in [0.15, 0.2) is 0 Å². The van der Waals surface area contributed by atoms with Crippen LogP contribution in [0.3, 0.4) is 0 Å². The molecule has 0 radical (unpaired) electrons. The van der Waals surface area contributed by atoms with Crippen LogP contribution < -0.4 is 0 Å². The molecule has 4 fully saturated rings. The first kappa shape index (κ1) is 29.3. The fourth-order valence-electron chi connectivity index (χ4n) is 9.93. The molecule has 1 aliphatic heterocycles. The third-order valence-electron chi connectivity index (χ3n) is 12.1. The van der Waals surface area contributed by atoms with E-state index in [9.17, 15) is 20.1 Å². The van der Waals surface area contributed by atoms with Gasteiger partial charge in [0.1, 0.15) is 6.61 Å². The second-order valence-electron chi connectivity index (χ2n) is 14.0. The molecule has 0 aromatic rings. The highest BCUT2D eigenvalue weighted by Gasteiger charge is 2.71. The molecule has 0 bridgehead atoms. The first-order chi connectivity index (χ1) is 18.7. The molecule has 5 rings (SSSR count). The summed E-state index contributed by atoms with van der Waals surface area (Å²) in [5.74, 6) is 0.145. The van der Waals surface area contributed by atoms with Gasteiger partial charge in [-0.05, 0) is 81.1 Å². The van der Waals surface area contributed by atoms with Crippen LogP contribution in [-0.4, -0.2) is 58.0 Å². The van der Waals surface area contributed by atoms with Gasteiger partial charge in [-0.3, -0.25) is 4.99 Å². The monoisotopic (exact) mass is 543 g/mol. The average molecular weight is 544 g/mol. The standard InChI is InChI=1S/C33H53NO5/c1-3-4-5-6-7-8-9-10-19-34-23-31-16-11-25(35)21-32(31,37)17-13-28-27(31)12-15-30(2)26(14-18-33(28,30)38)24-20-29(36)39-22-24/h20,23,25-28,35,37-38H,3-19,21-22H2,1-2H3. The Morgan fingerprint density at radius 2 is 1.67 bits per heavy atom. The third-order valence-corrected chi connectivity index (χ3v) is 12.1. The molecule has 8 unspecified atom stereocenters. The Hall–Kier alpha value is -1.24. The minimum absolute atomic E-state index is 0.0879. The van der Waals surface area contributed by atoms with Gasteiger partial charge in [0.2, 0.25) is 0 Å². The van der Waals surface area contributed by atoms with Crippen molar-refractivity contribution in [1.29, 1.82) is 0 Å². The van der Waals surface area contributed by atoms with Crippen LogP contribution >= 0.6 is 0 Å². The lowest BCUT2D eigenvalue weighted by molar-refractivity contribution is -0.237. The third kappa shape index (κ3) is 5.05. The Balaban J connectivity index is 1.31. The maximum atomic E-state index is 12.5. The van der Waals surface area contributed by atoms with Gasteiger partial charge in [-0.2, -0.15) is 0 Å². The van der Waals surface area contributed by atoms with E-state index in [-0.39, 0.29) is 29.1 Å². The molecule has 6 nitrogen and oxygen atoms in total. The summed E-state index contributed by atoms with van der Waals surface area (Å²) in [5, 5.41) is 35.3. The van der Waals surface area contributed by atoms with Gasteiger partial charge in [0, 0.05) is 36.1 Å². The van der Waals surface area contributed by atoms with E-state index < -0.39 is 22.7 Å². The van der Waals surface area contributed by atoms with E-state index in [0.717, 1.165) is 57.1 Å². The van der Waals surface area contributed by atoms with Crippen LogP contribution in [0.25, 0.3) is 0 Å². The Morgan fingerprint density at radius 1 is 0.949 bits per heavy atom. The molecule has 3 N–H and O–H groups in total. The van der Waals surface area contributed by atoms with E-state index in [1.54, 1.807) is 6.08 Å². The van der Waals surface area contributed by atoms with Gasteiger partial charge in [-0.1, -0.05) is 58.8 Å². The Bertz CT molecular complexity index is 948. The molecule has 5 aliphatic rings. The van der Waals surface area contributed by atoms with Gasteiger partial charge >= 0.3 is 5.97 Å². The second-order valence-corrected chi connectivity index (χ2v) is 14.0. The van der Waals surface area contributed by atoms with Gasteiger partial charge < -0.3 is 20.1 Å². The van der Waals surface area contributed by atoms with Crippen molar-refractivity contribution < 1.29 is 24.9 Å². The van der Waals surface area contributed by atoms with Crippen LogP contribution in [0.4, 0.5) is 0 Å². The topological polar surface area (TPSA) is 99.4 Å². The van der Waals surface area contributed by atoms with Gasteiger partial charge in [0.25, 0.3) is 0 Å². The van der Waals surface area contributed by atoms with E-state index in [1.165, 1.54) is 44.9 Å². The number of aliphatic hydroxyl groups is 3. The Kier molecular flexibility index (Phi) is 8.68. The first-order valence-electron chi connectivity index (χ1n) is 16.2. The molecular formula is C33H53NO5. The molecule has 0 aromatic heterocycles. The van der Waals surface area contributed by atoms with E-state index in [2.05, 4.69) is 20.1 Å². The molecule has 0 aromatic carbocycles. The molecule has 0 spiro atoms. The lowest BCUT2D eigenvalue weighted by Crippen LogP contribution is -2.68. The molecule has 220 valence electrons. The SMILES string of the molecule is CCCCCCCCCCN=CC12CCC(O)CC1(O)CCC1C2CCC2(C)C(C3=CC(=O)OC3)CCC12O. The van der Waals surface area contributed by atoms with Gasteiger partial charge in [-0.15, -0.1) is 0 Å². The maximum absolute atomic E-state index is 12.5. The number of carbonyl (C=O) groups is 1. The van der Waals surface area contributed by atoms with E-state index >= 15 is 0 Å². The maximum Gasteiger partial charge on any atom is 0.331 e. The smallest absolute Gasteiger partial charge is 0.331 e. The summed E-state index contributed by atoms with van der Waals surface area (Å²) < 4.78 is 5.27. The van der Waals surface area contributed by atoms with Crippen molar-refractivity contribution in [2.75, 3.05) is 13.2 Å². The molecule has 39 heavy (non-hydrogen) atoms. The summed E-state index contributed by atoms with van der Waals surface area (Å²) in [6.45, 7) is 5.64. The van der Waals surface area contributed by atoms with Crippen LogP contribution in [0.15, 0.2) is 16.6 Å². The van der Waals surface area contributed by atoms with Crippen molar-refractivity contribution >= 4 is 12.2 Å². The number of nitrogens with zero attached hydrogens (tertiary/aromatic N) is 1. The predicted octanol–water partition coefficient (Wildman–Crippen LogP) is 5.91. The number of hydrogen-bond donors (Lipinski definition) is 3. The van der Waals surface area contributed by atoms with Crippen LogP contribution in [0, 0.1) is 28.6 Å². The number of aliphatic hydroxyl groups excluding tert-OH is 1. The molecule has 4 saturated carbocycles. The van der Waals surface area contributed by atoms with Crippen molar-refractivity contribution in [1.82, 2.24) is 0 Å². The zero-order valence-electron chi connectivity index (χ0n) is 24.5. The summed E-state index contributed by atoms with van der Waals surface area (Å²) in [6, 6.07) is 0. The van der Waals surface area contributed by atoms with Crippen molar-refractivity contribution in [2.24, 2.45) is 33.6 Å². The number of cyclic esters (lactones) is 1. The van der Waals surface area contributed by atoms with E-state index in [0.29, 0.717) is 25.9 Å². The molecule has 6 heteroatoms. The van der Waals surface area contributed by atoms with Crippen molar-refractivity contribution in [3.8, 4) is 0 Å². The number of rotatable bonds is 11. The highest BCUT2D eigenvalue weighted by atomic mass is 16.5. The quantitative estimate of drug-likeness (QED) is 0.171. The number of unbranched alkanes of at least 4 members (excludes halogenated alkanes) is 7. The fourth-order valence-corrected chi connectivity index (χ4v) is 9.93. The summed E-state index contributed by atoms with van der Waals surface area (Å²) in [4.78, 5) is 16.8. The summed E-state index contributed by atoms with van der Waals surface area (Å²) in [5.41, 5.74) is -1.54. The Labute approximate surface area is 235 Å². The Morgan fingerprint density at radius 3 is 2.38 bits per heavy atom. The van der Waals surface area contributed by atoms with E-state index in [4.69, 9.17) is 9.73 Å². The number of esters is 1. The number of ether oxygens (including phenoxy) is 1. The van der Waals surface area contributed by atoms with Crippen LogP contribution in [0.2, 0.25) is 0 Å². The van der Waals surface area contributed by atoms with Gasteiger partial charge in [-0.25, -0.2) is 4.79 Å². The van der Waals surface area contributed by atoms with Gasteiger partial charge in [0.05, 0.1) is 17.3 Å². The minimum Gasteiger partial charge on any atom is -0.458 e. The summed E-state index contributed by atoms with van der Waals surface area (Å²) >= 11 is 0. The molecule has 4 aliphatic carbocycles.